The van der Waals surface area contributed by atoms with Crippen LogP contribution in [-0.4, -0.2) is 30.0 Å². The minimum Gasteiger partial charge on any atom is -0.452 e. The van der Waals surface area contributed by atoms with E-state index in [4.69, 9.17) is 0 Å². The predicted octanol–water partition coefficient (Wildman–Crippen LogP) is 0.554. The molecule has 0 aliphatic carbocycles. The summed E-state index contributed by atoms with van der Waals surface area (Å²) in [6.07, 6.45) is -0.866. The molecule has 1 heterocycles. The summed E-state index contributed by atoms with van der Waals surface area (Å²) in [7, 11) is 1.15. The molecule has 6 nitrogen and oxygen atoms in total. The number of nitrogens with zero attached hydrogens (tertiary/aromatic N) is 1. The number of carbonyl (C=O) groups excluding carboxylic acids is 3. The second kappa shape index (κ2) is 3.65. The van der Waals surface area contributed by atoms with Gasteiger partial charge in [-0.1, -0.05) is 12.1 Å². The zero-order valence-corrected chi connectivity index (χ0v) is 8.39. The molecule has 1 aromatic rings. The first-order valence-corrected chi connectivity index (χ1v) is 4.47. The lowest BCUT2D eigenvalue weighted by Gasteiger charge is -2.13. The number of benzene rings is 1. The number of ether oxygens (including phenoxy) is 1. The van der Waals surface area contributed by atoms with Gasteiger partial charge in [0.2, 0.25) is 0 Å². The Kier molecular flexibility index (Phi) is 2.32. The Morgan fingerprint density at radius 2 is 1.69 bits per heavy atom. The molecule has 0 spiro atoms. The van der Waals surface area contributed by atoms with Gasteiger partial charge >= 0.3 is 6.09 Å². The van der Waals surface area contributed by atoms with E-state index in [-0.39, 0.29) is 11.1 Å². The third-order valence-electron chi connectivity index (χ3n) is 2.18. The Labute approximate surface area is 90.8 Å². The van der Waals surface area contributed by atoms with Crippen LogP contribution >= 0.6 is 0 Å². The molecule has 16 heavy (non-hydrogen) atoms. The van der Waals surface area contributed by atoms with Crippen molar-refractivity contribution in [2.75, 3.05) is 7.11 Å². The molecule has 82 valence electrons. The van der Waals surface area contributed by atoms with Crippen molar-refractivity contribution in [3.05, 3.63) is 35.4 Å². The number of methoxy groups -OCH3 is 1. The smallest absolute Gasteiger partial charge is 0.426 e. The number of amides is 3. The van der Waals surface area contributed by atoms with Crippen LogP contribution in [0.5, 0.6) is 0 Å². The number of hydrogen-bond acceptors (Lipinski definition) is 4. The zero-order valence-electron chi connectivity index (χ0n) is 8.39. The van der Waals surface area contributed by atoms with Gasteiger partial charge in [0, 0.05) is 0 Å². The average Bonchev–Trinajstić information content (AvgIpc) is 2.55. The van der Waals surface area contributed by atoms with E-state index < -0.39 is 17.9 Å². The van der Waals surface area contributed by atoms with Gasteiger partial charge in [0.25, 0.3) is 11.8 Å². The molecule has 0 radical (unpaired) electrons. The van der Waals surface area contributed by atoms with Crippen LogP contribution in [0.3, 0.4) is 0 Å². The third kappa shape index (κ3) is 1.40. The van der Waals surface area contributed by atoms with Gasteiger partial charge in [0.15, 0.2) is 0 Å². The van der Waals surface area contributed by atoms with E-state index in [1.54, 1.807) is 12.1 Å². The monoisotopic (exact) mass is 220 g/mol. The van der Waals surface area contributed by atoms with Crippen LogP contribution in [0.2, 0.25) is 0 Å². The number of hydrazine groups is 1. The molecule has 1 aliphatic heterocycles. The van der Waals surface area contributed by atoms with Gasteiger partial charge in [-0.2, -0.15) is 5.01 Å². The van der Waals surface area contributed by atoms with Gasteiger partial charge in [-0.25, -0.2) is 10.2 Å². The minimum atomic E-state index is -0.866. The number of fused-ring (bicyclic) bond motifs is 1. The van der Waals surface area contributed by atoms with E-state index in [1.807, 2.05) is 5.43 Å². The van der Waals surface area contributed by atoms with Gasteiger partial charge in [0.05, 0.1) is 18.2 Å². The highest BCUT2D eigenvalue weighted by molar-refractivity contribution is 6.21. The van der Waals surface area contributed by atoms with Gasteiger partial charge in [0.1, 0.15) is 0 Å². The molecule has 6 heteroatoms. The molecule has 1 aliphatic rings. The van der Waals surface area contributed by atoms with E-state index >= 15 is 0 Å². The number of rotatable bonds is 1. The summed E-state index contributed by atoms with van der Waals surface area (Å²) in [4.78, 5) is 34.3. The third-order valence-corrected chi connectivity index (χ3v) is 2.18. The van der Waals surface area contributed by atoms with Crippen molar-refractivity contribution in [1.29, 1.82) is 0 Å². The quantitative estimate of drug-likeness (QED) is 0.701. The van der Waals surface area contributed by atoms with Crippen molar-refractivity contribution < 1.29 is 19.1 Å². The van der Waals surface area contributed by atoms with Gasteiger partial charge < -0.3 is 4.74 Å². The SMILES string of the molecule is COC(=O)NN1C(=O)c2ccccc2C1=O. The molecular weight excluding hydrogens is 212 g/mol. The van der Waals surface area contributed by atoms with Crippen molar-refractivity contribution in [3.63, 3.8) is 0 Å². The average molecular weight is 220 g/mol. The Bertz CT molecular complexity index is 448. The molecule has 3 amide bonds. The van der Waals surface area contributed by atoms with Gasteiger partial charge in [-0.15, -0.1) is 0 Å². The fourth-order valence-electron chi connectivity index (χ4n) is 1.43. The van der Waals surface area contributed by atoms with Gasteiger partial charge in [-0.3, -0.25) is 9.59 Å². The fraction of sp³-hybridized carbons (Fsp3) is 0.100. The normalized spacial score (nSPS) is 13.7. The number of imide groups is 1. The van der Waals surface area contributed by atoms with E-state index in [0.29, 0.717) is 5.01 Å². The predicted molar refractivity (Wildman–Crippen MR) is 52.5 cm³/mol. The maximum absolute atomic E-state index is 11.7. The molecule has 1 N–H and O–H groups in total. The molecule has 0 saturated carbocycles. The van der Waals surface area contributed by atoms with Crippen molar-refractivity contribution >= 4 is 17.9 Å². The van der Waals surface area contributed by atoms with Crippen molar-refractivity contribution in [2.24, 2.45) is 0 Å². The minimum absolute atomic E-state index is 0.268. The lowest BCUT2D eigenvalue weighted by Crippen LogP contribution is -2.45. The van der Waals surface area contributed by atoms with Crippen LogP contribution in [-0.2, 0) is 4.74 Å². The molecule has 0 saturated heterocycles. The summed E-state index contributed by atoms with van der Waals surface area (Å²) in [5.41, 5.74) is 2.58. The van der Waals surface area contributed by atoms with E-state index in [9.17, 15) is 14.4 Å². The first kappa shape index (κ1) is 10.2. The summed E-state index contributed by atoms with van der Waals surface area (Å²) in [6.45, 7) is 0. The van der Waals surface area contributed by atoms with E-state index in [2.05, 4.69) is 4.74 Å². The lowest BCUT2D eigenvalue weighted by atomic mass is 10.1. The van der Waals surface area contributed by atoms with E-state index in [0.717, 1.165) is 7.11 Å². The highest BCUT2D eigenvalue weighted by atomic mass is 16.5. The van der Waals surface area contributed by atoms with Crippen molar-refractivity contribution in [3.8, 4) is 0 Å². The zero-order chi connectivity index (χ0) is 11.7. The summed E-state index contributed by atoms with van der Waals surface area (Å²) in [6, 6.07) is 6.33. The first-order valence-electron chi connectivity index (χ1n) is 4.47. The van der Waals surface area contributed by atoms with Crippen LogP contribution in [0.25, 0.3) is 0 Å². The van der Waals surface area contributed by atoms with Crippen molar-refractivity contribution in [2.45, 2.75) is 0 Å². The maximum atomic E-state index is 11.7. The van der Waals surface area contributed by atoms with Crippen LogP contribution in [0.1, 0.15) is 20.7 Å². The van der Waals surface area contributed by atoms with E-state index in [1.165, 1.54) is 12.1 Å². The highest BCUT2D eigenvalue weighted by Gasteiger charge is 2.36. The van der Waals surface area contributed by atoms with Gasteiger partial charge in [-0.05, 0) is 12.1 Å². The molecular formula is C10H8N2O4. The molecule has 2 rings (SSSR count). The molecule has 0 aromatic heterocycles. The van der Waals surface area contributed by atoms with Crippen molar-refractivity contribution in [1.82, 2.24) is 10.4 Å². The van der Waals surface area contributed by atoms with Crippen LogP contribution in [0.4, 0.5) is 4.79 Å². The highest BCUT2D eigenvalue weighted by Crippen LogP contribution is 2.20. The number of hydrogen-bond donors (Lipinski definition) is 1. The molecule has 0 fully saturated rings. The molecule has 0 bridgehead atoms. The second-order valence-corrected chi connectivity index (χ2v) is 3.09. The Morgan fingerprint density at radius 1 is 1.19 bits per heavy atom. The fourth-order valence-corrected chi connectivity index (χ4v) is 1.43. The lowest BCUT2D eigenvalue weighted by molar-refractivity contribution is 0.0546. The van der Waals surface area contributed by atoms with Crippen LogP contribution in [0, 0.1) is 0 Å². The molecule has 0 atom stereocenters. The second-order valence-electron chi connectivity index (χ2n) is 3.09. The standard InChI is InChI=1S/C10H8N2O4/c1-16-10(15)11-12-8(13)6-4-2-3-5-7(6)9(12)14/h2-5H,1H3,(H,11,15). The Hall–Kier alpha value is -2.37. The summed E-state index contributed by atoms with van der Waals surface area (Å²) >= 11 is 0. The first-order chi connectivity index (χ1) is 7.65. The van der Waals surface area contributed by atoms with Crippen LogP contribution in [0.15, 0.2) is 24.3 Å². The summed E-state index contributed by atoms with van der Waals surface area (Å²) in [5, 5.41) is 0.635. The van der Waals surface area contributed by atoms with Crippen LogP contribution < -0.4 is 5.43 Å². The topological polar surface area (TPSA) is 75.7 Å². The Morgan fingerprint density at radius 3 is 2.12 bits per heavy atom. The maximum Gasteiger partial charge on any atom is 0.426 e. The molecule has 0 unspecified atom stereocenters. The molecule has 1 aromatic carbocycles. The number of carbonyl (C=O) groups is 3. The number of nitrogens with one attached hydrogen (secondary N) is 1. The Balaban J connectivity index is 2.32. The summed E-state index contributed by atoms with van der Waals surface area (Å²) < 4.78 is 4.31. The largest absolute Gasteiger partial charge is 0.452 e. The summed E-state index contributed by atoms with van der Waals surface area (Å²) in [5.74, 6) is -1.13.